The predicted octanol–water partition coefficient (Wildman–Crippen LogP) is 2.60. The van der Waals surface area contributed by atoms with Crippen LogP contribution in [0.2, 0.25) is 0 Å². The van der Waals surface area contributed by atoms with Crippen molar-refractivity contribution in [2.24, 2.45) is 0 Å². The molecule has 20 heavy (non-hydrogen) atoms. The molecule has 0 saturated heterocycles. The third-order valence-electron chi connectivity index (χ3n) is 3.85. The summed E-state index contributed by atoms with van der Waals surface area (Å²) >= 11 is 1.73. The number of amides is 2. The molecule has 1 saturated carbocycles. The second-order valence-corrected chi connectivity index (χ2v) is 6.57. The molecule has 1 aliphatic rings. The minimum Gasteiger partial charge on any atom is -0.480 e. The van der Waals surface area contributed by atoms with Gasteiger partial charge in [-0.15, -0.1) is 0 Å². The zero-order valence-corrected chi connectivity index (χ0v) is 13.2. The van der Waals surface area contributed by atoms with E-state index in [1.54, 1.807) is 11.8 Å². The van der Waals surface area contributed by atoms with Crippen molar-refractivity contribution >= 4 is 23.8 Å². The highest BCUT2D eigenvalue weighted by molar-refractivity contribution is 7.98. The number of urea groups is 1. The summed E-state index contributed by atoms with van der Waals surface area (Å²) in [5.74, 6) is 0.0669. The van der Waals surface area contributed by atoms with Gasteiger partial charge >= 0.3 is 12.0 Å². The number of carbonyl (C=O) groups excluding carboxylic acids is 1. The van der Waals surface area contributed by atoms with Crippen molar-refractivity contribution in [3.63, 3.8) is 0 Å². The topological polar surface area (TPSA) is 78.4 Å². The minimum atomic E-state index is -1.08. The first kappa shape index (κ1) is 17.1. The number of nitrogens with one attached hydrogen (secondary N) is 2. The van der Waals surface area contributed by atoms with E-state index in [9.17, 15) is 14.7 Å². The van der Waals surface area contributed by atoms with Gasteiger partial charge in [0.25, 0.3) is 0 Å². The molecule has 0 aromatic heterocycles. The number of carboxylic acid groups (broad SMARTS) is 1. The van der Waals surface area contributed by atoms with Crippen molar-refractivity contribution in [2.75, 3.05) is 12.0 Å². The Kier molecular flexibility index (Phi) is 7.19. The van der Waals surface area contributed by atoms with Gasteiger partial charge < -0.3 is 15.7 Å². The first-order chi connectivity index (χ1) is 9.50. The lowest BCUT2D eigenvalue weighted by atomic mass is 9.90. The zero-order valence-electron chi connectivity index (χ0n) is 12.4. The van der Waals surface area contributed by atoms with Gasteiger partial charge in [0, 0.05) is 6.04 Å². The molecule has 0 bridgehead atoms. The van der Waals surface area contributed by atoms with Crippen LogP contribution in [0, 0.1) is 0 Å². The van der Waals surface area contributed by atoms with Crippen LogP contribution in [0.5, 0.6) is 0 Å². The average molecular weight is 302 g/mol. The molecular weight excluding hydrogens is 276 g/mol. The van der Waals surface area contributed by atoms with Gasteiger partial charge in [0.05, 0.1) is 0 Å². The van der Waals surface area contributed by atoms with Crippen LogP contribution >= 0.6 is 11.8 Å². The van der Waals surface area contributed by atoms with Crippen LogP contribution in [0.1, 0.15) is 51.9 Å². The van der Waals surface area contributed by atoms with Gasteiger partial charge in [-0.25, -0.2) is 9.59 Å². The summed E-state index contributed by atoms with van der Waals surface area (Å²) in [6.45, 7) is 1.94. The zero-order chi connectivity index (χ0) is 15.0. The third kappa shape index (κ3) is 5.23. The Bertz CT molecular complexity index is 328. The fourth-order valence-corrected chi connectivity index (χ4v) is 3.16. The number of carboxylic acids is 1. The van der Waals surface area contributed by atoms with Crippen molar-refractivity contribution in [1.29, 1.82) is 0 Å². The van der Waals surface area contributed by atoms with E-state index in [-0.39, 0.29) is 12.1 Å². The number of aliphatic carboxylic acids is 1. The van der Waals surface area contributed by atoms with E-state index in [2.05, 4.69) is 10.6 Å². The molecule has 0 aromatic rings. The molecule has 1 fully saturated rings. The largest absolute Gasteiger partial charge is 0.480 e. The smallest absolute Gasteiger partial charge is 0.329 e. The number of carbonyl (C=O) groups is 2. The summed E-state index contributed by atoms with van der Waals surface area (Å²) in [5, 5.41) is 15.1. The molecule has 1 atom stereocenters. The van der Waals surface area contributed by atoms with Crippen molar-refractivity contribution < 1.29 is 14.7 Å². The number of thioether (sulfide) groups is 1. The van der Waals surface area contributed by atoms with E-state index < -0.39 is 11.5 Å². The molecule has 1 rings (SSSR count). The molecule has 5 nitrogen and oxygen atoms in total. The van der Waals surface area contributed by atoms with Crippen molar-refractivity contribution in [3.05, 3.63) is 0 Å². The van der Waals surface area contributed by atoms with Gasteiger partial charge in [-0.05, 0) is 38.2 Å². The molecule has 116 valence electrons. The van der Waals surface area contributed by atoms with Gasteiger partial charge in [-0.1, -0.05) is 25.7 Å². The fraction of sp³-hybridized carbons (Fsp3) is 0.857. The van der Waals surface area contributed by atoms with E-state index in [0.29, 0.717) is 12.8 Å². The molecule has 1 unspecified atom stereocenters. The Morgan fingerprint density at radius 3 is 2.35 bits per heavy atom. The van der Waals surface area contributed by atoms with Crippen molar-refractivity contribution in [3.8, 4) is 0 Å². The maximum atomic E-state index is 12.0. The second-order valence-electron chi connectivity index (χ2n) is 5.58. The highest BCUT2D eigenvalue weighted by Crippen LogP contribution is 2.27. The Morgan fingerprint density at radius 2 is 1.85 bits per heavy atom. The Labute approximate surface area is 125 Å². The molecule has 6 heteroatoms. The van der Waals surface area contributed by atoms with Crippen LogP contribution in [0.25, 0.3) is 0 Å². The van der Waals surface area contributed by atoms with Crippen LogP contribution in [0.3, 0.4) is 0 Å². The summed E-state index contributed by atoms with van der Waals surface area (Å²) in [4.78, 5) is 23.6. The molecule has 3 N–H and O–H groups in total. The van der Waals surface area contributed by atoms with Crippen LogP contribution in [-0.2, 0) is 4.79 Å². The second kappa shape index (κ2) is 8.39. The lowest BCUT2D eigenvalue weighted by Gasteiger charge is -2.30. The highest BCUT2D eigenvalue weighted by Gasteiger charge is 2.40. The Hall–Kier alpha value is -0.910. The fourth-order valence-electron chi connectivity index (χ4n) is 2.57. The molecule has 0 aromatic carbocycles. The van der Waals surface area contributed by atoms with Crippen molar-refractivity contribution in [2.45, 2.75) is 63.5 Å². The monoisotopic (exact) mass is 302 g/mol. The average Bonchev–Trinajstić information content (AvgIpc) is 2.62. The minimum absolute atomic E-state index is 0.0547. The summed E-state index contributed by atoms with van der Waals surface area (Å²) in [5.41, 5.74) is -1.08. The van der Waals surface area contributed by atoms with Gasteiger partial charge in [0.1, 0.15) is 5.54 Å². The highest BCUT2D eigenvalue weighted by atomic mass is 32.2. The molecule has 1 aliphatic carbocycles. The summed E-state index contributed by atoms with van der Waals surface area (Å²) < 4.78 is 0. The van der Waals surface area contributed by atoms with E-state index in [0.717, 1.165) is 37.9 Å². The standard InChI is InChI=1S/C14H26N2O3S/c1-11(7-10-20-2)15-13(19)16-14(12(17)18)8-5-3-4-6-9-14/h11H,3-10H2,1-2H3,(H,17,18)(H2,15,16,19). The van der Waals surface area contributed by atoms with Crippen molar-refractivity contribution in [1.82, 2.24) is 10.6 Å². The van der Waals surface area contributed by atoms with Crippen LogP contribution in [-0.4, -0.2) is 40.7 Å². The summed E-state index contributed by atoms with van der Waals surface area (Å²) in [6, 6.07) is -0.304. The normalized spacial score (nSPS) is 19.7. The predicted molar refractivity (Wildman–Crippen MR) is 82.2 cm³/mol. The molecule has 2 amide bonds. The molecule has 0 spiro atoms. The van der Waals surface area contributed by atoms with Crippen LogP contribution < -0.4 is 10.6 Å². The van der Waals surface area contributed by atoms with Gasteiger partial charge in [-0.2, -0.15) is 11.8 Å². The van der Waals surface area contributed by atoms with E-state index in [1.165, 1.54) is 0 Å². The number of hydrogen-bond acceptors (Lipinski definition) is 3. The summed E-state index contributed by atoms with van der Waals surface area (Å²) in [6.07, 6.45) is 7.75. The molecule has 0 radical (unpaired) electrons. The quantitative estimate of drug-likeness (QED) is 0.659. The van der Waals surface area contributed by atoms with E-state index in [1.807, 2.05) is 13.2 Å². The first-order valence-electron chi connectivity index (χ1n) is 7.31. The maximum absolute atomic E-state index is 12.0. The Morgan fingerprint density at radius 1 is 1.25 bits per heavy atom. The maximum Gasteiger partial charge on any atom is 0.329 e. The lowest BCUT2D eigenvalue weighted by Crippen LogP contribution is -2.58. The Balaban J connectivity index is 2.56. The van der Waals surface area contributed by atoms with Gasteiger partial charge in [0.2, 0.25) is 0 Å². The lowest BCUT2D eigenvalue weighted by molar-refractivity contribution is -0.145. The molecular formula is C14H26N2O3S. The van der Waals surface area contributed by atoms with E-state index in [4.69, 9.17) is 0 Å². The van der Waals surface area contributed by atoms with Gasteiger partial charge in [0.15, 0.2) is 0 Å². The molecule has 0 aliphatic heterocycles. The first-order valence-corrected chi connectivity index (χ1v) is 8.70. The van der Waals surface area contributed by atoms with E-state index >= 15 is 0 Å². The summed E-state index contributed by atoms with van der Waals surface area (Å²) in [7, 11) is 0. The van der Waals surface area contributed by atoms with Crippen LogP contribution in [0.4, 0.5) is 4.79 Å². The third-order valence-corrected chi connectivity index (χ3v) is 4.50. The van der Waals surface area contributed by atoms with Gasteiger partial charge in [-0.3, -0.25) is 0 Å². The molecule has 0 heterocycles. The van der Waals surface area contributed by atoms with Crippen LogP contribution in [0.15, 0.2) is 0 Å². The SMILES string of the molecule is CSCCC(C)NC(=O)NC1(C(=O)O)CCCCCC1. The number of rotatable bonds is 6. The number of hydrogen-bond donors (Lipinski definition) is 3.